The fourth-order valence-electron chi connectivity index (χ4n) is 3.88. The van der Waals surface area contributed by atoms with Crippen molar-refractivity contribution in [2.24, 2.45) is 0 Å². The van der Waals surface area contributed by atoms with E-state index >= 15 is 0 Å². The molecule has 1 aliphatic heterocycles. The van der Waals surface area contributed by atoms with Crippen LogP contribution in [0.5, 0.6) is 11.5 Å². The Bertz CT molecular complexity index is 923. The molecule has 0 spiro atoms. The molecule has 3 rings (SSSR count). The van der Waals surface area contributed by atoms with Crippen LogP contribution in [0.2, 0.25) is 0 Å². The molecule has 1 fully saturated rings. The zero-order chi connectivity index (χ0) is 22.2. The van der Waals surface area contributed by atoms with Crippen molar-refractivity contribution in [3.8, 4) is 17.6 Å². The summed E-state index contributed by atoms with van der Waals surface area (Å²) in [5.41, 5.74) is 2.67. The highest BCUT2D eigenvalue weighted by atomic mass is 16.5. The van der Waals surface area contributed by atoms with Gasteiger partial charge < -0.3 is 19.7 Å². The molecule has 164 valence electrons. The molecule has 0 aliphatic carbocycles. The van der Waals surface area contributed by atoms with Crippen molar-refractivity contribution in [2.75, 3.05) is 51.8 Å². The topological polar surface area (TPSA) is 77.8 Å². The number of nitriles is 1. The second-order valence-electron chi connectivity index (χ2n) is 7.67. The maximum absolute atomic E-state index is 12.7. The summed E-state index contributed by atoms with van der Waals surface area (Å²) in [5, 5.41) is 12.1. The molecular formula is C24H30N4O3. The van der Waals surface area contributed by atoms with Crippen LogP contribution in [0, 0.1) is 11.3 Å². The average Bonchev–Trinajstić information content (AvgIpc) is 3.04. The fraction of sp³-hybridized carbons (Fsp3) is 0.417. The molecule has 2 aromatic carbocycles. The number of amides is 1. The van der Waals surface area contributed by atoms with Crippen molar-refractivity contribution in [1.82, 2.24) is 10.2 Å². The number of methoxy groups -OCH3 is 2. The molecule has 1 atom stereocenters. The highest BCUT2D eigenvalue weighted by Gasteiger charge is 2.20. The number of ether oxygens (including phenoxy) is 2. The van der Waals surface area contributed by atoms with Crippen LogP contribution < -0.4 is 19.7 Å². The number of anilines is 1. The van der Waals surface area contributed by atoms with Gasteiger partial charge in [0.1, 0.15) is 11.5 Å². The average molecular weight is 423 g/mol. The number of rotatable bonds is 7. The van der Waals surface area contributed by atoms with Crippen molar-refractivity contribution in [3.63, 3.8) is 0 Å². The van der Waals surface area contributed by atoms with Crippen molar-refractivity contribution >= 4 is 11.6 Å². The molecule has 1 N–H and O–H groups in total. The minimum atomic E-state index is -0.195. The summed E-state index contributed by atoms with van der Waals surface area (Å²) in [6.07, 6.45) is 0.979. The van der Waals surface area contributed by atoms with Gasteiger partial charge >= 0.3 is 0 Å². The number of carbonyl (C=O) groups is 1. The van der Waals surface area contributed by atoms with Crippen LogP contribution in [0.3, 0.4) is 0 Å². The molecule has 1 heterocycles. The molecule has 1 unspecified atom stereocenters. The number of carbonyl (C=O) groups excluding carboxylic acids is 1. The van der Waals surface area contributed by atoms with Gasteiger partial charge in [-0.15, -0.1) is 0 Å². The third kappa shape index (κ3) is 5.89. The molecule has 0 bridgehead atoms. The standard InChI is InChI=1S/C24H30N4O3/c1-18(22-15-21(30-2)9-10-23(22)31-3)26-24(29)17-27-11-4-12-28(14-13-27)20-7-5-19(16-25)6-8-20/h5-10,15,18H,4,11-14,17H2,1-3H3,(H,26,29). The third-order valence-electron chi connectivity index (χ3n) is 5.60. The largest absolute Gasteiger partial charge is 0.497 e. The Morgan fingerprint density at radius 2 is 1.87 bits per heavy atom. The molecule has 1 aliphatic rings. The maximum atomic E-state index is 12.7. The lowest BCUT2D eigenvalue weighted by molar-refractivity contribution is -0.122. The predicted octanol–water partition coefficient (Wildman–Crippen LogP) is 2.96. The van der Waals surface area contributed by atoms with E-state index in [2.05, 4.69) is 21.2 Å². The number of benzene rings is 2. The van der Waals surface area contributed by atoms with Gasteiger partial charge in [-0.05, 0) is 55.8 Å². The van der Waals surface area contributed by atoms with E-state index in [1.54, 1.807) is 14.2 Å². The summed E-state index contributed by atoms with van der Waals surface area (Å²) in [6, 6.07) is 15.2. The van der Waals surface area contributed by atoms with Gasteiger partial charge in [0.2, 0.25) is 5.91 Å². The van der Waals surface area contributed by atoms with Crippen LogP contribution in [0.15, 0.2) is 42.5 Å². The first-order valence-corrected chi connectivity index (χ1v) is 10.5. The molecule has 0 saturated carbocycles. The van der Waals surface area contributed by atoms with Crippen molar-refractivity contribution in [2.45, 2.75) is 19.4 Å². The summed E-state index contributed by atoms with van der Waals surface area (Å²) in [4.78, 5) is 17.2. The highest BCUT2D eigenvalue weighted by molar-refractivity contribution is 5.78. The Labute approximate surface area is 184 Å². The highest BCUT2D eigenvalue weighted by Crippen LogP contribution is 2.29. The van der Waals surface area contributed by atoms with Crippen molar-refractivity contribution in [1.29, 1.82) is 5.26 Å². The summed E-state index contributed by atoms with van der Waals surface area (Å²) in [5.74, 6) is 1.44. The van der Waals surface area contributed by atoms with E-state index in [0.717, 1.165) is 55.3 Å². The Kier molecular flexibility index (Phi) is 7.74. The third-order valence-corrected chi connectivity index (χ3v) is 5.60. The first-order valence-electron chi connectivity index (χ1n) is 10.5. The zero-order valence-electron chi connectivity index (χ0n) is 18.4. The van der Waals surface area contributed by atoms with E-state index in [-0.39, 0.29) is 11.9 Å². The minimum absolute atomic E-state index is 0.0100. The summed E-state index contributed by atoms with van der Waals surface area (Å²) in [6.45, 7) is 5.77. The molecule has 0 radical (unpaired) electrons. The molecule has 0 aromatic heterocycles. The molecule has 2 aromatic rings. The predicted molar refractivity (Wildman–Crippen MR) is 121 cm³/mol. The van der Waals surface area contributed by atoms with E-state index < -0.39 is 0 Å². The zero-order valence-corrected chi connectivity index (χ0v) is 18.4. The van der Waals surface area contributed by atoms with Gasteiger partial charge in [0.15, 0.2) is 0 Å². The summed E-state index contributed by atoms with van der Waals surface area (Å²) >= 11 is 0. The van der Waals surface area contributed by atoms with Gasteiger partial charge in [-0.3, -0.25) is 9.69 Å². The Morgan fingerprint density at radius 3 is 2.55 bits per heavy atom. The van der Waals surface area contributed by atoms with Gasteiger partial charge in [0.05, 0.1) is 38.4 Å². The van der Waals surface area contributed by atoms with Gasteiger partial charge in [-0.2, -0.15) is 5.26 Å². The summed E-state index contributed by atoms with van der Waals surface area (Å²) < 4.78 is 10.7. The molecule has 1 saturated heterocycles. The van der Waals surface area contributed by atoms with Gasteiger partial charge in [0.25, 0.3) is 0 Å². The van der Waals surface area contributed by atoms with Crippen LogP contribution in [-0.2, 0) is 4.79 Å². The molecule has 1 amide bonds. The fourth-order valence-corrected chi connectivity index (χ4v) is 3.88. The van der Waals surface area contributed by atoms with E-state index in [0.29, 0.717) is 12.1 Å². The van der Waals surface area contributed by atoms with Crippen LogP contribution in [0.1, 0.15) is 30.5 Å². The lowest BCUT2D eigenvalue weighted by atomic mass is 10.1. The van der Waals surface area contributed by atoms with E-state index in [4.69, 9.17) is 14.7 Å². The quantitative estimate of drug-likeness (QED) is 0.739. The molecule has 31 heavy (non-hydrogen) atoms. The second kappa shape index (κ2) is 10.7. The lowest BCUT2D eigenvalue weighted by Gasteiger charge is -2.24. The lowest BCUT2D eigenvalue weighted by Crippen LogP contribution is -2.40. The molecular weight excluding hydrogens is 392 g/mol. The van der Waals surface area contributed by atoms with Crippen LogP contribution >= 0.6 is 0 Å². The van der Waals surface area contributed by atoms with Crippen LogP contribution in [0.25, 0.3) is 0 Å². The number of hydrogen-bond donors (Lipinski definition) is 1. The van der Waals surface area contributed by atoms with Crippen molar-refractivity contribution in [3.05, 3.63) is 53.6 Å². The maximum Gasteiger partial charge on any atom is 0.234 e. The van der Waals surface area contributed by atoms with Crippen LogP contribution in [-0.4, -0.2) is 57.8 Å². The van der Waals surface area contributed by atoms with Gasteiger partial charge in [-0.1, -0.05) is 0 Å². The summed E-state index contributed by atoms with van der Waals surface area (Å²) in [7, 11) is 3.24. The Balaban J connectivity index is 1.55. The van der Waals surface area contributed by atoms with E-state index in [1.165, 1.54) is 0 Å². The second-order valence-corrected chi connectivity index (χ2v) is 7.67. The van der Waals surface area contributed by atoms with Crippen LogP contribution in [0.4, 0.5) is 5.69 Å². The Hall–Kier alpha value is -3.24. The first kappa shape index (κ1) is 22.4. The molecule has 7 heteroatoms. The van der Waals surface area contributed by atoms with Gasteiger partial charge in [-0.25, -0.2) is 0 Å². The van der Waals surface area contributed by atoms with E-state index in [1.807, 2.05) is 49.4 Å². The number of nitrogens with one attached hydrogen (secondary N) is 1. The normalized spacial score (nSPS) is 15.5. The first-order chi connectivity index (χ1) is 15.0. The van der Waals surface area contributed by atoms with E-state index in [9.17, 15) is 4.79 Å². The van der Waals surface area contributed by atoms with Crippen molar-refractivity contribution < 1.29 is 14.3 Å². The van der Waals surface area contributed by atoms with Gasteiger partial charge in [0, 0.05) is 37.4 Å². The number of hydrogen-bond acceptors (Lipinski definition) is 6. The Morgan fingerprint density at radius 1 is 1.10 bits per heavy atom. The molecule has 7 nitrogen and oxygen atoms in total. The monoisotopic (exact) mass is 422 g/mol. The SMILES string of the molecule is COc1ccc(OC)c(C(C)NC(=O)CN2CCCN(c3ccc(C#N)cc3)CC2)c1. The smallest absolute Gasteiger partial charge is 0.234 e. The minimum Gasteiger partial charge on any atom is -0.497 e. The number of nitrogens with zero attached hydrogens (tertiary/aromatic N) is 3.